The van der Waals surface area contributed by atoms with E-state index in [0.717, 1.165) is 45.4 Å². The van der Waals surface area contributed by atoms with E-state index in [4.69, 9.17) is 35.6 Å². The second kappa shape index (κ2) is 24.3. The van der Waals surface area contributed by atoms with Crippen LogP contribution in [0.3, 0.4) is 0 Å². The Morgan fingerprint density at radius 1 is 0.767 bits per heavy atom. The van der Waals surface area contributed by atoms with Crippen molar-refractivity contribution in [2.45, 2.75) is 135 Å². The van der Waals surface area contributed by atoms with Crippen molar-refractivity contribution in [3.63, 3.8) is 0 Å². The van der Waals surface area contributed by atoms with Crippen LogP contribution in [-0.2, 0) is 30.9 Å². The van der Waals surface area contributed by atoms with Crippen LogP contribution < -0.4 is 26.3 Å². The number of imidazole rings is 1. The van der Waals surface area contributed by atoms with Gasteiger partial charge >= 0.3 is 6.09 Å². The molecule has 1 unspecified atom stereocenters. The highest BCUT2D eigenvalue weighted by molar-refractivity contribution is 6.12. The van der Waals surface area contributed by atoms with E-state index < -0.39 is 29.4 Å². The first-order valence-electron chi connectivity index (χ1n) is 25.5. The number of aromatic nitrogens is 8. The Morgan fingerprint density at radius 2 is 1.37 bits per heavy atom. The summed E-state index contributed by atoms with van der Waals surface area (Å²) < 4.78 is 25.5. The first kappa shape index (κ1) is 56.5. The van der Waals surface area contributed by atoms with Gasteiger partial charge in [-0.1, -0.05) is 41.5 Å². The third kappa shape index (κ3) is 12.6. The first-order valence-corrected chi connectivity index (χ1v) is 25.5. The number of carbonyl (C=O) groups is 4. The Bertz CT molecular complexity index is 3080. The molecule has 19 nitrogen and oxygen atoms in total. The molecule has 1 saturated carbocycles. The number of rotatable bonds is 17. The molecule has 5 N–H and O–H groups in total. The summed E-state index contributed by atoms with van der Waals surface area (Å²) in [6.45, 7) is 27.8. The van der Waals surface area contributed by atoms with Gasteiger partial charge < -0.3 is 39.7 Å². The van der Waals surface area contributed by atoms with Gasteiger partial charge in [0.1, 0.15) is 34.0 Å². The van der Waals surface area contributed by atoms with Gasteiger partial charge in [-0.3, -0.25) is 29.1 Å². The highest BCUT2D eigenvalue weighted by Crippen LogP contribution is 2.46. The standard InChI is InChI=1S/C48H58N12O7.3C2H6/c1-10-59-36(17-26(3)54-59)34-14-13-32-33-20-28(42(49)61)22-38(65-9)40(33)57(44(32)51-34)24-30-19-31(30)25-58-41-35(52-46(58)53-45(63)37-18-27(4)55-60(37)11-2)21-29(43(50)62)23-39(41)66-16-12-15-56(8)47(64)67-48(5,6)7;3*1-2/h13-14,17-18,20-23,30-31H,10-12,15-16,19,24-25H2,1-9H3,(H2,49,61)(H2,50,62)(H,52,53,63);3*1-2H3/t30-,31?;;;/m0.../s1. The molecule has 7 aromatic rings. The minimum absolute atomic E-state index is 0.0818. The molecule has 0 saturated heterocycles. The van der Waals surface area contributed by atoms with E-state index in [1.165, 1.54) is 4.90 Å². The molecule has 19 heteroatoms. The van der Waals surface area contributed by atoms with Crippen LogP contribution in [0.5, 0.6) is 11.5 Å². The number of pyridine rings is 1. The summed E-state index contributed by atoms with van der Waals surface area (Å²) >= 11 is 0. The lowest BCUT2D eigenvalue weighted by molar-refractivity contribution is 0.0291. The van der Waals surface area contributed by atoms with Gasteiger partial charge in [0.2, 0.25) is 17.8 Å². The van der Waals surface area contributed by atoms with Crippen LogP contribution in [0, 0.1) is 25.7 Å². The number of aryl methyl sites for hydroxylation is 4. The molecular weight excluding hydrogens is 929 g/mol. The zero-order chi connectivity index (χ0) is 54.1. The summed E-state index contributed by atoms with van der Waals surface area (Å²) in [5.41, 5.74) is 17.6. The van der Waals surface area contributed by atoms with E-state index in [0.29, 0.717) is 78.6 Å². The number of nitrogens with two attached hydrogens (primary N) is 2. The Morgan fingerprint density at radius 3 is 1.99 bits per heavy atom. The average Bonchev–Trinajstić information content (AvgIpc) is 3.61. The van der Waals surface area contributed by atoms with Crippen LogP contribution in [0.2, 0.25) is 0 Å². The SMILES string of the molecule is CC.CC.CC.CCn1nc(C)cc1C(=O)Nc1nc2cc(C(N)=O)cc(OCCCN(C)C(=O)OC(C)(C)C)c2n1CC1C[C@H]1Cn1c2nc(-c3cc(C)nn3CC)ccc2c2cc(C(N)=O)cc(OC)c21. The zero-order valence-electron chi connectivity index (χ0n) is 45.5. The Labute approximate surface area is 428 Å². The van der Waals surface area contributed by atoms with Gasteiger partial charge in [0.05, 0.1) is 47.5 Å². The van der Waals surface area contributed by atoms with E-state index >= 15 is 0 Å². The maximum atomic E-state index is 14.0. The number of fused-ring (bicyclic) bond motifs is 4. The summed E-state index contributed by atoms with van der Waals surface area (Å²) in [5, 5.41) is 13.8. The molecular formula is C54H76N12O7. The molecule has 2 atom stereocenters. The molecule has 4 amide bonds. The normalized spacial score (nSPS) is 13.8. The number of carbonyl (C=O) groups excluding carboxylic acids is 4. The average molecular weight is 1010 g/mol. The van der Waals surface area contributed by atoms with Crippen LogP contribution in [0.4, 0.5) is 10.7 Å². The molecule has 1 fully saturated rings. The van der Waals surface area contributed by atoms with Gasteiger partial charge in [0.15, 0.2) is 0 Å². The molecule has 0 radical (unpaired) electrons. The number of nitrogens with zero attached hydrogens (tertiary/aromatic N) is 9. The quantitative estimate of drug-likeness (QED) is 0.0726. The Balaban J connectivity index is 0.00000159. The lowest BCUT2D eigenvalue weighted by atomic mass is 10.1. The van der Waals surface area contributed by atoms with Crippen LogP contribution in [0.1, 0.15) is 132 Å². The number of anilines is 1. The predicted octanol–water partition coefficient (Wildman–Crippen LogP) is 9.77. The zero-order valence-corrected chi connectivity index (χ0v) is 45.5. The molecule has 73 heavy (non-hydrogen) atoms. The molecule has 0 spiro atoms. The van der Waals surface area contributed by atoms with Crippen LogP contribution >= 0.6 is 0 Å². The second-order valence-corrected chi connectivity index (χ2v) is 18.2. The van der Waals surface area contributed by atoms with Gasteiger partial charge in [0.25, 0.3) is 5.91 Å². The van der Waals surface area contributed by atoms with Crippen LogP contribution in [0.25, 0.3) is 44.4 Å². The maximum absolute atomic E-state index is 14.0. The summed E-state index contributed by atoms with van der Waals surface area (Å²) in [7, 11) is 3.23. The molecule has 5 heterocycles. The smallest absolute Gasteiger partial charge is 0.410 e. The lowest BCUT2D eigenvalue weighted by Gasteiger charge is -2.24. The number of benzene rings is 2. The minimum Gasteiger partial charge on any atom is -0.495 e. The number of ether oxygens (including phenoxy) is 3. The Hall–Kier alpha value is -7.44. The highest BCUT2D eigenvalue weighted by atomic mass is 16.6. The largest absolute Gasteiger partial charge is 0.495 e. The number of primary amides is 2. The van der Waals surface area contributed by atoms with Crippen molar-refractivity contribution in [3.05, 3.63) is 76.7 Å². The van der Waals surface area contributed by atoms with Crippen molar-refractivity contribution < 1.29 is 33.4 Å². The summed E-state index contributed by atoms with van der Waals surface area (Å²) in [6.07, 6.45) is 0.805. The molecule has 0 bridgehead atoms. The molecule has 8 rings (SSSR count). The highest BCUT2D eigenvalue weighted by Gasteiger charge is 2.40. The number of nitrogens with one attached hydrogen (secondary N) is 1. The van der Waals surface area contributed by atoms with Gasteiger partial charge in [-0.05, 0) is 122 Å². The summed E-state index contributed by atoms with van der Waals surface area (Å²) in [5.74, 6) is -0.334. The number of methoxy groups -OCH3 is 1. The fourth-order valence-electron chi connectivity index (χ4n) is 8.70. The van der Waals surface area contributed by atoms with Crippen molar-refractivity contribution in [3.8, 4) is 22.9 Å². The molecule has 5 aromatic heterocycles. The van der Waals surface area contributed by atoms with Gasteiger partial charge in [0, 0.05) is 61.7 Å². The fraction of sp³-hybridized carbons (Fsp3) is 0.481. The minimum atomic E-state index is -0.670. The molecule has 1 aliphatic rings. The molecule has 1 aliphatic carbocycles. The van der Waals surface area contributed by atoms with Crippen molar-refractivity contribution in [1.29, 1.82) is 0 Å². The van der Waals surface area contributed by atoms with E-state index in [2.05, 4.69) is 20.1 Å². The van der Waals surface area contributed by atoms with Crippen molar-refractivity contribution >= 4 is 62.7 Å². The van der Waals surface area contributed by atoms with Crippen molar-refractivity contribution in [2.75, 3.05) is 32.6 Å². The van der Waals surface area contributed by atoms with Crippen LogP contribution in [0.15, 0.2) is 48.5 Å². The fourth-order valence-corrected chi connectivity index (χ4v) is 8.70. The molecule has 394 valence electrons. The summed E-state index contributed by atoms with van der Waals surface area (Å²) in [6, 6.07) is 14.4. The van der Waals surface area contributed by atoms with Gasteiger partial charge in [-0.15, -0.1) is 0 Å². The van der Waals surface area contributed by atoms with E-state index in [-0.39, 0.29) is 30.0 Å². The number of hydrogen-bond donors (Lipinski definition) is 3. The third-order valence-electron chi connectivity index (χ3n) is 12.0. The summed E-state index contributed by atoms with van der Waals surface area (Å²) in [4.78, 5) is 63.5. The van der Waals surface area contributed by atoms with Crippen LogP contribution in [-0.4, -0.2) is 100 Å². The van der Waals surface area contributed by atoms with Crippen molar-refractivity contribution in [2.24, 2.45) is 23.3 Å². The number of hydrogen-bond acceptors (Lipinski definition) is 11. The monoisotopic (exact) mass is 1000 g/mol. The third-order valence-corrected chi connectivity index (χ3v) is 12.0. The van der Waals surface area contributed by atoms with Gasteiger partial charge in [-0.25, -0.2) is 14.8 Å². The van der Waals surface area contributed by atoms with E-state index in [1.807, 2.05) is 117 Å². The van der Waals surface area contributed by atoms with Gasteiger partial charge in [-0.2, -0.15) is 10.2 Å². The molecule has 0 aliphatic heterocycles. The lowest BCUT2D eigenvalue weighted by Crippen LogP contribution is -2.35. The topological polar surface area (TPSA) is 235 Å². The van der Waals surface area contributed by atoms with E-state index in [1.54, 1.807) is 49.2 Å². The Kier molecular flexibility index (Phi) is 18.8. The maximum Gasteiger partial charge on any atom is 0.410 e. The van der Waals surface area contributed by atoms with Crippen molar-refractivity contribution in [1.82, 2.24) is 43.6 Å². The second-order valence-electron chi connectivity index (χ2n) is 18.2. The first-order chi connectivity index (χ1) is 34.9. The number of amides is 4. The predicted molar refractivity (Wildman–Crippen MR) is 287 cm³/mol. The van der Waals surface area contributed by atoms with E-state index in [9.17, 15) is 19.2 Å². The molecule has 2 aromatic carbocycles.